The van der Waals surface area contributed by atoms with Gasteiger partial charge in [0.1, 0.15) is 5.75 Å². The summed E-state index contributed by atoms with van der Waals surface area (Å²) in [5.74, 6) is 0.845. The number of rotatable bonds is 5. The van der Waals surface area contributed by atoms with Crippen LogP contribution in [0.4, 0.5) is 0 Å². The van der Waals surface area contributed by atoms with Crippen LogP contribution in [-0.2, 0) is 6.54 Å². The number of hydrogen-bond acceptors (Lipinski definition) is 3. The lowest BCUT2D eigenvalue weighted by atomic mass is 10.1. The quantitative estimate of drug-likeness (QED) is 0.805. The van der Waals surface area contributed by atoms with Gasteiger partial charge in [0.2, 0.25) is 0 Å². The van der Waals surface area contributed by atoms with Crippen LogP contribution >= 0.6 is 31.9 Å². The van der Waals surface area contributed by atoms with Gasteiger partial charge in [-0.05, 0) is 68.1 Å². The van der Waals surface area contributed by atoms with Crippen molar-refractivity contribution < 1.29 is 4.74 Å². The van der Waals surface area contributed by atoms with Gasteiger partial charge in [-0.25, -0.2) is 0 Å². The van der Waals surface area contributed by atoms with Gasteiger partial charge in [-0.1, -0.05) is 6.07 Å². The molecule has 106 valence electrons. The zero-order valence-electron chi connectivity index (χ0n) is 11.4. The van der Waals surface area contributed by atoms with E-state index in [2.05, 4.69) is 67.3 Å². The Morgan fingerprint density at radius 1 is 1.25 bits per heavy atom. The van der Waals surface area contributed by atoms with Crippen molar-refractivity contribution in [1.82, 2.24) is 10.3 Å². The fourth-order valence-corrected chi connectivity index (χ4v) is 2.86. The van der Waals surface area contributed by atoms with E-state index in [0.29, 0.717) is 0 Å². The highest BCUT2D eigenvalue weighted by molar-refractivity contribution is 9.10. The second-order valence-corrected chi connectivity index (χ2v) is 6.28. The van der Waals surface area contributed by atoms with Crippen molar-refractivity contribution in [1.29, 1.82) is 0 Å². The topological polar surface area (TPSA) is 34.1 Å². The number of ether oxygens (including phenoxy) is 1. The molecule has 1 aromatic heterocycles. The molecule has 0 saturated heterocycles. The average molecular weight is 400 g/mol. The Balaban J connectivity index is 2.01. The van der Waals surface area contributed by atoms with E-state index < -0.39 is 0 Å². The predicted octanol–water partition coefficient (Wildman–Crippen LogP) is 4.47. The van der Waals surface area contributed by atoms with Crippen LogP contribution in [0, 0.1) is 0 Å². The van der Waals surface area contributed by atoms with Crippen LogP contribution in [0.3, 0.4) is 0 Å². The van der Waals surface area contributed by atoms with Gasteiger partial charge in [-0.15, -0.1) is 0 Å². The molecular formula is C15H16Br2N2O. The molecule has 0 saturated carbocycles. The Labute approximate surface area is 136 Å². The number of halogens is 2. The zero-order valence-corrected chi connectivity index (χ0v) is 14.5. The van der Waals surface area contributed by atoms with Crippen molar-refractivity contribution in [2.24, 2.45) is 0 Å². The van der Waals surface area contributed by atoms with Crippen LogP contribution in [0.1, 0.15) is 24.1 Å². The minimum atomic E-state index is 0.246. The maximum atomic E-state index is 5.24. The first kappa shape index (κ1) is 15.5. The summed E-state index contributed by atoms with van der Waals surface area (Å²) in [6.07, 6.45) is 3.65. The highest BCUT2D eigenvalue weighted by Gasteiger charge is 2.08. The van der Waals surface area contributed by atoms with Gasteiger partial charge in [0.15, 0.2) is 0 Å². The molecule has 2 rings (SSSR count). The summed E-state index contributed by atoms with van der Waals surface area (Å²) in [6, 6.07) is 8.43. The molecule has 3 nitrogen and oxygen atoms in total. The lowest BCUT2D eigenvalue weighted by molar-refractivity contribution is 0.411. The van der Waals surface area contributed by atoms with Crippen molar-refractivity contribution in [2.45, 2.75) is 19.5 Å². The second kappa shape index (κ2) is 7.20. The predicted molar refractivity (Wildman–Crippen MR) is 87.9 cm³/mol. The lowest BCUT2D eigenvalue weighted by Crippen LogP contribution is -2.18. The smallest absolute Gasteiger partial charge is 0.133 e. The first-order valence-corrected chi connectivity index (χ1v) is 7.85. The van der Waals surface area contributed by atoms with Gasteiger partial charge in [0.05, 0.1) is 11.6 Å². The Kier molecular flexibility index (Phi) is 5.57. The summed E-state index contributed by atoms with van der Waals surface area (Å²) in [6.45, 7) is 2.91. The Bertz CT molecular complexity index is 590. The van der Waals surface area contributed by atoms with Gasteiger partial charge < -0.3 is 10.1 Å². The van der Waals surface area contributed by atoms with Crippen molar-refractivity contribution >= 4 is 31.9 Å². The minimum Gasteiger partial charge on any atom is -0.496 e. The van der Waals surface area contributed by atoms with Crippen LogP contribution in [0.25, 0.3) is 0 Å². The molecule has 0 fully saturated rings. The molecule has 0 aliphatic heterocycles. The molecule has 0 aliphatic rings. The lowest BCUT2D eigenvalue weighted by Gasteiger charge is -2.15. The summed E-state index contributed by atoms with van der Waals surface area (Å²) >= 11 is 6.94. The third-order valence-electron chi connectivity index (χ3n) is 3.05. The van der Waals surface area contributed by atoms with E-state index in [1.165, 1.54) is 5.56 Å². The normalized spacial score (nSPS) is 12.2. The van der Waals surface area contributed by atoms with Crippen molar-refractivity contribution in [3.05, 3.63) is 56.7 Å². The van der Waals surface area contributed by atoms with E-state index in [4.69, 9.17) is 4.74 Å². The van der Waals surface area contributed by atoms with Gasteiger partial charge >= 0.3 is 0 Å². The fourth-order valence-electron chi connectivity index (χ4n) is 1.89. The molecule has 20 heavy (non-hydrogen) atoms. The SMILES string of the molecule is COc1ccc(C(C)NCc2cncc(Br)c2)cc1Br. The van der Waals surface area contributed by atoms with E-state index in [-0.39, 0.29) is 6.04 Å². The van der Waals surface area contributed by atoms with Gasteiger partial charge in [-0.2, -0.15) is 0 Å². The summed E-state index contributed by atoms with van der Waals surface area (Å²) in [5.41, 5.74) is 2.36. The molecule has 1 heterocycles. The highest BCUT2D eigenvalue weighted by Crippen LogP contribution is 2.28. The van der Waals surface area contributed by atoms with Crippen LogP contribution in [0.2, 0.25) is 0 Å². The number of nitrogens with one attached hydrogen (secondary N) is 1. The van der Waals surface area contributed by atoms with Gasteiger partial charge in [0.25, 0.3) is 0 Å². The largest absolute Gasteiger partial charge is 0.496 e. The monoisotopic (exact) mass is 398 g/mol. The number of hydrogen-bond donors (Lipinski definition) is 1. The first-order chi connectivity index (χ1) is 9.60. The molecule has 0 aliphatic carbocycles. The van der Waals surface area contributed by atoms with Crippen molar-refractivity contribution in [3.8, 4) is 5.75 Å². The minimum absolute atomic E-state index is 0.246. The maximum absolute atomic E-state index is 5.24. The van der Waals surface area contributed by atoms with Crippen LogP contribution in [0.15, 0.2) is 45.6 Å². The number of aromatic nitrogens is 1. The van der Waals surface area contributed by atoms with E-state index in [1.54, 1.807) is 13.3 Å². The molecule has 2 aromatic rings. The summed E-state index contributed by atoms with van der Waals surface area (Å²) in [5, 5.41) is 3.48. The Morgan fingerprint density at radius 3 is 2.70 bits per heavy atom. The van der Waals surface area contributed by atoms with E-state index in [1.807, 2.05) is 12.3 Å². The van der Waals surface area contributed by atoms with Gasteiger partial charge in [0, 0.05) is 29.5 Å². The highest BCUT2D eigenvalue weighted by atomic mass is 79.9. The van der Waals surface area contributed by atoms with Crippen LogP contribution in [0.5, 0.6) is 5.75 Å². The Morgan fingerprint density at radius 2 is 2.05 bits per heavy atom. The Hall–Kier alpha value is -0.910. The summed E-state index contributed by atoms with van der Waals surface area (Å²) in [4.78, 5) is 4.16. The fraction of sp³-hybridized carbons (Fsp3) is 0.267. The zero-order chi connectivity index (χ0) is 14.5. The molecule has 1 aromatic carbocycles. The third-order valence-corrected chi connectivity index (χ3v) is 4.10. The van der Waals surface area contributed by atoms with Crippen LogP contribution in [-0.4, -0.2) is 12.1 Å². The molecule has 1 atom stereocenters. The van der Waals surface area contributed by atoms with E-state index >= 15 is 0 Å². The molecule has 0 spiro atoms. The molecule has 0 bridgehead atoms. The van der Waals surface area contributed by atoms with Crippen molar-refractivity contribution in [2.75, 3.05) is 7.11 Å². The molecule has 0 radical (unpaired) electrons. The van der Waals surface area contributed by atoms with Crippen molar-refractivity contribution in [3.63, 3.8) is 0 Å². The molecule has 1 unspecified atom stereocenters. The van der Waals surface area contributed by atoms with Gasteiger partial charge in [-0.3, -0.25) is 4.98 Å². The maximum Gasteiger partial charge on any atom is 0.133 e. The van der Waals surface area contributed by atoms with E-state index in [0.717, 1.165) is 26.8 Å². The van der Waals surface area contributed by atoms with Crippen LogP contribution < -0.4 is 10.1 Å². The number of benzene rings is 1. The van der Waals surface area contributed by atoms with E-state index in [9.17, 15) is 0 Å². The molecular weight excluding hydrogens is 384 g/mol. The number of pyridine rings is 1. The number of nitrogens with zero attached hydrogens (tertiary/aromatic N) is 1. The number of methoxy groups -OCH3 is 1. The third kappa shape index (κ3) is 4.04. The molecule has 1 N–H and O–H groups in total. The average Bonchev–Trinajstić information content (AvgIpc) is 2.44. The second-order valence-electron chi connectivity index (χ2n) is 4.51. The summed E-state index contributed by atoms with van der Waals surface area (Å²) in [7, 11) is 1.67. The summed E-state index contributed by atoms with van der Waals surface area (Å²) < 4.78 is 7.21. The molecule has 5 heteroatoms. The molecule has 0 amide bonds. The standard InChI is InChI=1S/C15H16Br2N2O/c1-10(12-3-4-15(20-2)14(17)6-12)19-8-11-5-13(16)9-18-7-11/h3-7,9-10,19H,8H2,1-2H3. The first-order valence-electron chi connectivity index (χ1n) is 6.26.